The number of fused-ring (bicyclic) bond motifs is 1. The molecule has 0 saturated carbocycles. The third kappa shape index (κ3) is 4.34. The summed E-state index contributed by atoms with van der Waals surface area (Å²) in [5.74, 6) is 0. The average Bonchev–Trinajstić information content (AvgIpc) is 2.79. The molecule has 1 aromatic carbocycles. The van der Waals surface area contributed by atoms with Crippen LogP contribution in [0.3, 0.4) is 0 Å². The molecule has 0 aliphatic rings. The predicted octanol–water partition coefficient (Wildman–Crippen LogP) is 2.43. The molecule has 4 nitrogen and oxygen atoms in total. The maximum Gasteiger partial charge on any atom is 0.0898 e. The number of hydrogen-bond donors (Lipinski definition) is 3. The standard InChI is InChI=1S/C16H24N2O2/c1-16(2,3)18-9-13(19)11-20-10-12-8-17-15-7-5-4-6-14(12)15/h4-8,13,17-19H,9-11H2,1-3H3. The summed E-state index contributed by atoms with van der Waals surface area (Å²) in [7, 11) is 0. The Morgan fingerprint density at radius 3 is 2.80 bits per heavy atom. The Morgan fingerprint density at radius 1 is 1.30 bits per heavy atom. The molecule has 2 rings (SSSR count). The first-order valence-electron chi connectivity index (χ1n) is 7.01. The molecule has 4 heteroatoms. The van der Waals surface area contributed by atoms with Gasteiger partial charge in [0.25, 0.3) is 0 Å². The van der Waals surface area contributed by atoms with Crippen molar-refractivity contribution in [3.63, 3.8) is 0 Å². The van der Waals surface area contributed by atoms with Crippen LogP contribution in [0.2, 0.25) is 0 Å². The number of aliphatic hydroxyl groups excluding tert-OH is 1. The van der Waals surface area contributed by atoms with E-state index < -0.39 is 6.10 Å². The second-order valence-electron chi connectivity index (χ2n) is 6.16. The fourth-order valence-corrected chi connectivity index (χ4v) is 2.04. The van der Waals surface area contributed by atoms with Crippen LogP contribution in [0, 0.1) is 0 Å². The predicted molar refractivity (Wildman–Crippen MR) is 81.7 cm³/mol. The van der Waals surface area contributed by atoms with Gasteiger partial charge in [-0.2, -0.15) is 0 Å². The Morgan fingerprint density at radius 2 is 2.05 bits per heavy atom. The first kappa shape index (κ1) is 15.0. The zero-order chi connectivity index (χ0) is 14.6. The molecule has 0 spiro atoms. The van der Waals surface area contributed by atoms with Crippen LogP contribution in [0.25, 0.3) is 10.9 Å². The van der Waals surface area contributed by atoms with Crippen molar-refractivity contribution < 1.29 is 9.84 Å². The van der Waals surface area contributed by atoms with E-state index in [0.717, 1.165) is 11.1 Å². The number of hydrogen-bond acceptors (Lipinski definition) is 3. The van der Waals surface area contributed by atoms with Crippen LogP contribution in [0.4, 0.5) is 0 Å². The van der Waals surface area contributed by atoms with Gasteiger partial charge < -0.3 is 20.1 Å². The fourth-order valence-electron chi connectivity index (χ4n) is 2.04. The summed E-state index contributed by atoms with van der Waals surface area (Å²) >= 11 is 0. The highest BCUT2D eigenvalue weighted by Gasteiger charge is 2.12. The zero-order valence-electron chi connectivity index (χ0n) is 12.4. The molecule has 2 aromatic rings. The first-order valence-corrected chi connectivity index (χ1v) is 7.01. The van der Waals surface area contributed by atoms with Crippen molar-refractivity contribution in [2.75, 3.05) is 13.2 Å². The number of H-pyrrole nitrogens is 1. The van der Waals surface area contributed by atoms with Gasteiger partial charge in [0.1, 0.15) is 0 Å². The van der Waals surface area contributed by atoms with Crippen molar-refractivity contribution in [2.24, 2.45) is 0 Å². The second kappa shape index (κ2) is 6.39. The van der Waals surface area contributed by atoms with Crippen LogP contribution in [-0.4, -0.2) is 34.9 Å². The molecule has 1 heterocycles. The van der Waals surface area contributed by atoms with Crippen LogP contribution in [0.5, 0.6) is 0 Å². The lowest BCUT2D eigenvalue weighted by atomic mass is 10.1. The van der Waals surface area contributed by atoms with Crippen LogP contribution in [-0.2, 0) is 11.3 Å². The van der Waals surface area contributed by atoms with Crippen molar-refractivity contribution in [1.29, 1.82) is 0 Å². The van der Waals surface area contributed by atoms with Gasteiger partial charge in [0.15, 0.2) is 0 Å². The SMILES string of the molecule is CC(C)(C)NCC(O)COCc1c[nH]c2ccccc12. The fraction of sp³-hybridized carbons (Fsp3) is 0.500. The zero-order valence-corrected chi connectivity index (χ0v) is 12.4. The summed E-state index contributed by atoms with van der Waals surface area (Å²) in [6.45, 7) is 7.61. The number of para-hydroxylation sites is 1. The van der Waals surface area contributed by atoms with E-state index >= 15 is 0 Å². The minimum atomic E-state index is -0.487. The molecule has 0 radical (unpaired) electrons. The number of benzene rings is 1. The lowest BCUT2D eigenvalue weighted by Crippen LogP contribution is -2.42. The molecule has 1 atom stereocenters. The highest BCUT2D eigenvalue weighted by molar-refractivity contribution is 5.82. The number of aromatic amines is 1. The highest BCUT2D eigenvalue weighted by atomic mass is 16.5. The molecule has 0 fully saturated rings. The first-order chi connectivity index (χ1) is 9.46. The Labute approximate surface area is 120 Å². The number of aromatic nitrogens is 1. The molecule has 0 aliphatic heterocycles. The largest absolute Gasteiger partial charge is 0.389 e. The van der Waals surface area contributed by atoms with E-state index in [0.29, 0.717) is 19.8 Å². The molecule has 1 aromatic heterocycles. The Hall–Kier alpha value is -1.36. The number of β-amino-alcohol motifs (C(OH)–C–C–N with tert-alkyl or cyclic N) is 1. The smallest absolute Gasteiger partial charge is 0.0898 e. The van der Waals surface area contributed by atoms with Gasteiger partial charge in [-0.05, 0) is 26.8 Å². The van der Waals surface area contributed by atoms with Crippen molar-refractivity contribution in [1.82, 2.24) is 10.3 Å². The van der Waals surface area contributed by atoms with Crippen molar-refractivity contribution >= 4 is 10.9 Å². The van der Waals surface area contributed by atoms with Gasteiger partial charge >= 0.3 is 0 Å². The molecular weight excluding hydrogens is 252 g/mol. The van der Waals surface area contributed by atoms with E-state index in [1.165, 1.54) is 5.39 Å². The van der Waals surface area contributed by atoms with Gasteiger partial charge in [0.2, 0.25) is 0 Å². The van der Waals surface area contributed by atoms with E-state index in [-0.39, 0.29) is 5.54 Å². The number of ether oxygens (including phenoxy) is 1. The van der Waals surface area contributed by atoms with Crippen LogP contribution in [0.1, 0.15) is 26.3 Å². The molecule has 1 unspecified atom stereocenters. The van der Waals surface area contributed by atoms with E-state index in [2.05, 4.69) is 37.1 Å². The summed E-state index contributed by atoms with van der Waals surface area (Å²) in [5.41, 5.74) is 2.25. The van der Waals surface area contributed by atoms with Crippen LogP contribution in [0.15, 0.2) is 30.5 Å². The van der Waals surface area contributed by atoms with Crippen molar-refractivity contribution in [2.45, 2.75) is 39.0 Å². The van der Waals surface area contributed by atoms with Crippen LogP contribution < -0.4 is 5.32 Å². The van der Waals surface area contributed by atoms with E-state index in [1.807, 2.05) is 24.4 Å². The van der Waals surface area contributed by atoms with Gasteiger partial charge in [-0.1, -0.05) is 18.2 Å². The Kier molecular flexibility index (Phi) is 4.81. The number of rotatable bonds is 6. The van der Waals surface area contributed by atoms with E-state index in [1.54, 1.807) is 0 Å². The molecular formula is C16H24N2O2. The summed E-state index contributed by atoms with van der Waals surface area (Å²) < 4.78 is 5.60. The molecule has 0 bridgehead atoms. The quantitative estimate of drug-likeness (QED) is 0.759. The minimum Gasteiger partial charge on any atom is -0.389 e. The summed E-state index contributed by atoms with van der Waals surface area (Å²) in [4.78, 5) is 3.22. The summed E-state index contributed by atoms with van der Waals surface area (Å²) in [5, 5.41) is 14.3. The van der Waals surface area contributed by atoms with Crippen LogP contribution >= 0.6 is 0 Å². The van der Waals surface area contributed by atoms with Crippen molar-refractivity contribution in [3.8, 4) is 0 Å². The molecule has 0 amide bonds. The Balaban J connectivity index is 1.78. The van der Waals surface area contributed by atoms with Gasteiger partial charge in [-0.3, -0.25) is 0 Å². The molecule has 3 N–H and O–H groups in total. The summed E-state index contributed by atoms with van der Waals surface area (Å²) in [6.07, 6.45) is 1.48. The lowest BCUT2D eigenvalue weighted by Gasteiger charge is -2.22. The third-order valence-corrected chi connectivity index (χ3v) is 3.11. The normalized spacial score (nSPS) is 13.8. The average molecular weight is 276 g/mol. The Bertz CT molecular complexity index is 543. The van der Waals surface area contributed by atoms with E-state index in [4.69, 9.17) is 4.74 Å². The third-order valence-electron chi connectivity index (χ3n) is 3.11. The van der Waals surface area contributed by atoms with Crippen molar-refractivity contribution in [3.05, 3.63) is 36.0 Å². The molecule has 20 heavy (non-hydrogen) atoms. The van der Waals surface area contributed by atoms with E-state index in [9.17, 15) is 5.11 Å². The van der Waals surface area contributed by atoms with Gasteiger partial charge in [0, 0.05) is 34.7 Å². The molecule has 110 valence electrons. The lowest BCUT2D eigenvalue weighted by molar-refractivity contribution is 0.0265. The summed E-state index contributed by atoms with van der Waals surface area (Å²) in [6, 6.07) is 8.14. The van der Waals surface area contributed by atoms with Gasteiger partial charge in [-0.15, -0.1) is 0 Å². The number of aliphatic hydroxyl groups is 1. The van der Waals surface area contributed by atoms with Gasteiger partial charge in [-0.25, -0.2) is 0 Å². The maximum absolute atomic E-state index is 9.86. The number of nitrogens with one attached hydrogen (secondary N) is 2. The molecule has 0 saturated heterocycles. The second-order valence-corrected chi connectivity index (χ2v) is 6.16. The van der Waals surface area contributed by atoms with Gasteiger partial charge in [0.05, 0.1) is 19.3 Å². The highest BCUT2D eigenvalue weighted by Crippen LogP contribution is 2.18. The maximum atomic E-state index is 9.86. The topological polar surface area (TPSA) is 57.3 Å². The molecule has 0 aliphatic carbocycles. The monoisotopic (exact) mass is 276 g/mol. The minimum absolute atomic E-state index is 0.0117.